The van der Waals surface area contributed by atoms with Crippen LogP contribution in [-0.4, -0.2) is 37.2 Å². The van der Waals surface area contributed by atoms with Crippen molar-refractivity contribution in [2.24, 2.45) is 0 Å². The van der Waals surface area contributed by atoms with Gasteiger partial charge in [0, 0.05) is 19.3 Å². The van der Waals surface area contributed by atoms with Crippen LogP contribution in [0.3, 0.4) is 0 Å². The molecule has 0 bridgehead atoms. The summed E-state index contributed by atoms with van der Waals surface area (Å²) in [6.07, 6.45) is 87.6. The largest absolute Gasteiger partial charge is 0.462 e. The molecule has 0 amide bonds. The first-order valence-corrected chi connectivity index (χ1v) is 34.4. The molecule has 0 aromatic carbocycles. The maximum atomic E-state index is 12.9. The van der Waals surface area contributed by atoms with Crippen molar-refractivity contribution in [1.29, 1.82) is 0 Å². The molecule has 0 saturated heterocycles. The van der Waals surface area contributed by atoms with Crippen LogP contribution in [0.5, 0.6) is 0 Å². The number of rotatable bonds is 63. The lowest BCUT2D eigenvalue weighted by atomic mass is 10.0. The Bertz CT molecular complexity index is 1450. The van der Waals surface area contributed by atoms with E-state index in [0.717, 1.165) is 103 Å². The fraction of sp³-hybridized carbons (Fsp3) is 0.795. The Kier molecular flexibility index (Phi) is 64.7. The van der Waals surface area contributed by atoms with Gasteiger partial charge in [0.1, 0.15) is 13.2 Å². The highest BCUT2D eigenvalue weighted by atomic mass is 16.6. The molecule has 0 aliphatic heterocycles. The number of hydrogen-bond donors (Lipinski definition) is 0. The van der Waals surface area contributed by atoms with Crippen molar-refractivity contribution < 1.29 is 28.6 Å². The molecule has 0 rings (SSSR count). The predicted molar refractivity (Wildman–Crippen MR) is 344 cm³/mol. The number of esters is 3. The Morgan fingerprint density at radius 2 is 0.456 bits per heavy atom. The van der Waals surface area contributed by atoms with Gasteiger partial charge in [-0.05, 0) is 96.3 Å². The molecule has 0 saturated carbocycles. The van der Waals surface area contributed by atoms with E-state index < -0.39 is 6.10 Å². The number of carbonyl (C=O) groups is 3. The van der Waals surface area contributed by atoms with Crippen LogP contribution in [-0.2, 0) is 28.6 Å². The molecule has 0 spiro atoms. The minimum atomic E-state index is -0.787. The van der Waals surface area contributed by atoms with Crippen LogP contribution in [0.15, 0.2) is 72.9 Å². The average Bonchev–Trinajstić information content (AvgIpc) is 3.45. The van der Waals surface area contributed by atoms with Crippen LogP contribution in [0.25, 0.3) is 0 Å². The number of allylic oxidation sites excluding steroid dienone is 12. The second-order valence-electron chi connectivity index (χ2n) is 23.1. The van der Waals surface area contributed by atoms with Gasteiger partial charge < -0.3 is 14.2 Å². The molecule has 0 heterocycles. The van der Waals surface area contributed by atoms with Crippen LogP contribution in [0, 0.1) is 0 Å². The van der Waals surface area contributed by atoms with E-state index in [1.165, 1.54) is 212 Å². The zero-order valence-electron chi connectivity index (χ0n) is 52.6. The summed E-state index contributed by atoms with van der Waals surface area (Å²) >= 11 is 0. The first kappa shape index (κ1) is 75.8. The van der Waals surface area contributed by atoms with Crippen molar-refractivity contribution in [2.45, 2.75) is 361 Å². The molecule has 0 N–H and O–H groups in total. The summed E-state index contributed by atoms with van der Waals surface area (Å²) in [4.78, 5) is 38.4. The fourth-order valence-corrected chi connectivity index (χ4v) is 9.99. The van der Waals surface area contributed by atoms with Gasteiger partial charge in [0.15, 0.2) is 6.10 Å². The van der Waals surface area contributed by atoms with E-state index in [1.54, 1.807) is 0 Å². The van der Waals surface area contributed by atoms with Crippen LogP contribution >= 0.6 is 0 Å². The molecular formula is C73H130O6. The third kappa shape index (κ3) is 65.5. The second kappa shape index (κ2) is 67.4. The van der Waals surface area contributed by atoms with E-state index in [9.17, 15) is 14.4 Å². The third-order valence-corrected chi connectivity index (χ3v) is 15.2. The molecule has 79 heavy (non-hydrogen) atoms. The minimum absolute atomic E-state index is 0.0800. The molecule has 0 fully saturated rings. The van der Waals surface area contributed by atoms with Crippen molar-refractivity contribution in [3.05, 3.63) is 72.9 Å². The fourth-order valence-electron chi connectivity index (χ4n) is 9.99. The SMILES string of the molecule is CCCCC/C=C\C/C=C\C/C=C\CCCCCCCCC(=O)OC(COC(=O)CCCCCCCCCC/C=C\C/C=C\C/C=C\CCCCCCC)COC(=O)CCCCCCCCCCCCCCCCCCCCC. The van der Waals surface area contributed by atoms with E-state index in [4.69, 9.17) is 14.2 Å². The van der Waals surface area contributed by atoms with Gasteiger partial charge in [-0.15, -0.1) is 0 Å². The van der Waals surface area contributed by atoms with Gasteiger partial charge >= 0.3 is 17.9 Å². The van der Waals surface area contributed by atoms with E-state index >= 15 is 0 Å². The predicted octanol–water partition coefficient (Wildman–Crippen LogP) is 23.7. The Morgan fingerprint density at radius 3 is 0.734 bits per heavy atom. The summed E-state index contributed by atoms with van der Waals surface area (Å²) < 4.78 is 17.0. The smallest absolute Gasteiger partial charge is 0.306 e. The Balaban J connectivity index is 4.38. The van der Waals surface area contributed by atoms with Gasteiger partial charge in [-0.25, -0.2) is 0 Å². The molecule has 6 heteroatoms. The first-order chi connectivity index (χ1) is 39.0. The second-order valence-corrected chi connectivity index (χ2v) is 23.1. The molecular weight excluding hydrogens is 973 g/mol. The highest BCUT2D eigenvalue weighted by Gasteiger charge is 2.19. The quantitative estimate of drug-likeness (QED) is 0.0261. The molecule has 1 atom stereocenters. The third-order valence-electron chi connectivity index (χ3n) is 15.2. The monoisotopic (exact) mass is 1100 g/mol. The van der Waals surface area contributed by atoms with Crippen molar-refractivity contribution in [1.82, 2.24) is 0 Å². The molecule has 0 aromatic heterocycles. The highest BCUT2D eigenvalue weighted by molar-refractivity contribution is 5.71. The zero-order valence-corrected chi connectivity index (χ0v) is 52.6. The number of carbonyl (C=O) groups excluding carboxylic acids is 3. The molecule has 0 aliphatic rings. The summed E-state index contributed by atoms with van der Waals surface area (Å²) in [6, 6.07) is 0. The van der Waals surface area contributed by atoms with E-state index in [2.05, 4.69) is 93.7 Å². The van der Waals surface area contributed by atoms with Gasteiger partial charge in [-0.3, -0.25) is 14.4 Å². The minimum Gasteiger partial charge on any atom is -0.462 e. The van der Waals surface area contributed by atoms with Gasteiger partial charge in [0.05, 0.1) is 0 Å². The van der Waals surface area contributed by atoms with Crippen LogP contribution in [0.4, 0.5) is 0 Å². The maximum absolute atomic E-state index is 12.9. The maximum Gasteiger partial charge on any atom is 0.306 e. The Hall–Kier alpha value is -3.15. The van der Waals surface area contributed by atoms with E-state index in [1.807, 2.05) is 0 Å². The molecule has 0 aliphatic carbocycles. The Labute approximate surface area is 491 Å². The zero-order chi connectivity index (χ0) is 57.1. The Morgan fingerprint density at radius 1 is 0.253 bits per heavy atom. The van der Waals surface area contributed by atoms with Gasteiger partial charge in [-0.2, -0.15) is 0 Å². The topological polar surface area (TPSA) is 78.9 Å². The van der Waals surface area contributed by atoms with Gasteiger partial charge in [0.2, 0.25) is 0 Å². The standard InChI is InChI=1S/C73H130O6/c1-4-7-10-13-16-19-22-25-28-31-34-35-36-37-40-42-45-48-51-54-57-60-63-66-72(75)78-69-70(79-73(76)67-64-61-58-55-52-49-46-43-39-33-30-27-24-21-18-15-12-9-6-3)68-77-71(74)65-62-59-56-53-50-47-44-41-38-32-29-26-23-20-17-14-11-8-5-2/h18,21-22,25,27,30-31,34,36-37,39,43,70H,4-17,19-20,23-24,26,28-29,32-33,35,38,40-42,44-69H2,1-3H3/b21-18-,25-22-,30-27-,34-31-,37-36-,43-39-. The summed E-state index contributed by atoms with van der Waals surface area (Å²) in [6.45, 7) is 6.64. The van der Waals surface area contributed by atoms with Gasteiger partial charge in [-0.1, -0.05) is 312 Å². The van der Waals surface area contributed by atoms with Crippen molar-refractivity contribution in [2.75, 3.05) is 13.2 Å². The summed E-state index contributed by atoms with van der Waals surface area (Å²) in [5.41, 5.74) is 0. The number of hydrogen-bond acceptors (Lipinski definition) is 6. The summed E-state index contributed by atoms with van der Waals surface area (Å²) in [7, 11) is 0. The van der Waals surface area contributed by atoms with Crippen LogP contribution in [0.2, 0.25) is 0 Å². The van der Waals surface area contributed by atoms with Gasteiger partial charge in [0.25, 0.3) is 0 Å². The van der Waals surface area contributed by atoms with Crippen molar-refractivity contribution in [3.8, 4) is 0 Å². The normalized spacial score (nSPS) is 12.5. The average molecular weight is 1100 g/mol. The van der Waals surface area contributed by atoms with Crippen molar-refractivity contribution >= 4 is 17.9 Å². The molecule has 458 valence electrons. The number of ether oxygens (including phenoxy) is 3. The first-order valence-electron chi connectivity index (χ1n) is 34.4. The molecule has 0 aromatic rings. The lowest BCUT2D eigenvalue weighted by Crippen LogP contribution is -2.30. The van der Waals surface area contributed by atoms with Crippen LogP contribution in [0.1, 0.15) is 355 Å². The number of unbranched alkanes of at least 4 members (excludes halogenated alkanes) is 40. The van der Waals surface area contributed by atoms with Crippen LogP contribution < -0.4 is 0 Å². The highest BCUT2D eigenvalue weighted by Crippen LogP contribution is 2.17. The summed E-state index contributed by atoms with van der Waals surface area (Å²) in [5.74, 6) is -0.880. The molecule has 0 radical (unpaired) electrons. The van der Waals surface area contributed by atoms with E-state index in [-0.39, 0.29) is 31.1 Å². The summed E-state index contributed by atoms with van der Waals surface area (Å²) in [5, 5.41) is 0. The lowest BCUT2D eigenvalue weighted by Gasteiger charge is -2.18. The van der Waals surface area contributed by atoms with Crippen molar-refractivity contribution in [3.63, 3.8) is 0 Å². The molecule has 1 unspecified atom stereocenters. The molecule has 6 nitrogen and oxygen atoms in total. The van der Waals surface area contributed by atoms with E-state index in [0.29, 0.717) is 19.3 Å². The lowest BCUT2D eigenvalue weighted by molar-refractivity contribution is -0.167.